The van der Waals surface area contributed by atoms with Crippen LogP contribution in [0.5, 0.6) is 0 Å². The largest absolute Gasteiger partial charge is 0.465 e. The topological polar surface area (TPSA) is 135 Å². The van der Waals surface area contributed by atoms with E-state index in [2.05, 4.69) is 30.9 Å². The number of benzene rings is 1. The Balaban J connectivity index is 2.13. The van der Waals surface area contributed by atoms with Crippen molar-refractivity contribution >= 4 is 37.6 Å². The zero-order valence-corrected chi connectivity index (χ0v) is 17.7. The molecule has 1 aromatic heterocycles. The molecule has 1 aliphatic heterocycles. The summed E-state index contributed by atoms with van der Waals surface area (Å²) in [5.41, 5.74) is 9.99. The third-order valence-corrected chi connectivity index (χ3v) is 6.83. The van der Waals surface area contributed by atoms with Gasteiger partial charge < -0.3 is 9.47 Å². The number of esters is 1. The van der Waals surface area contributed by atoms with Gasteiger partial charge >= 0.3 is 5.97 Å². The number of aromatic nitrogens is 1. The summed E-state index contributed by atoms with van der Waals surface area (Å²) in [6, 6.07) is 5.79. The lowest BCUT2D eigenvalue weighted by molar-refractivity contribution is 0.0600. The SMILES string of the molecule is COC(=O)c1ccnc(-c2cc(N=[N+]=[N-])c(S(=O)(=O)N3CCOCC3)cc2Br)c1. The maximum absolute atomic E-state index is 13.1. The molecule has 0 radical (unpaired) electrons. The van der Waals surface area contributed by atoms with Crippen LogP contribution in [0.3, 0.4) is 0 Å². The predicted octanol–water partition coefficient (Wildman–Crippen LogP) is 3.26. The van der Waals surface area contributed by atoms with Gasteiger partial charge in [0.2, 0.25) is 10.0 Å². The Morgan fingerprint density at radius 1 is 1.34 bits per heavy atom. The molecule has 0 N–H and O–H groups in total. The van der Waals surface area contributed by atoms with Gasteiger partial charge in [-0.1, -0.05) is 21.0 Å². The lowest BCUT2D eigenvalue weighted by atomic mass is 10.1. The minimum absolute atomic E-state index is 0.0672. The summed E-state index contributed by atoms with van der Waals surface area (Å²) in [6.45, 7) is 0.999. The molecule has 1 saturated heterocycles. The molecule has 0 aliphatic carbocycles. The van der Waals surface area contributed by atoms with Crippen LogP contribution in [0, 0.1) is 0 Å². The molecule has 12 heteroatoms. The van der Waals surface area contributed by atoms with E-state index in [0.29, 0.717) is 28.9 Å². The molecule has 1 aliphatic rings. The van der Waals surface area contributed by atoms with Crippen molar-refractivity contribution in [1.82, 2.24) is 9.29 Å². The van der Waals surface area contributed by atoms with Crippen LogP contribution in [0.4, 0.5) is 5.69 Å². The number of nitrogens with zero attached hydrogens (tertiary/aromatic N) is 5. The average molecular weight is 482 g/mol. The van der Waals surface area contributed by atoms with E-state index in [9.17, 15) is 13.2 Å². The summed E-state index contributed by atoms with van der Waals surface area (Å²) in [5, 5.41) is 3.57. The minimum Gasteiger partial charge on any atom is -0.465 e. The first kappa shape index (κ1) is 21.2. The number of hydrogen-bond donors (Lipinski definition) is 0. The molecule has 0 atom stereocenters. The second-order valence-corrected chi connectivity index (χ2v) is 8.69. The van der Waals surface area contributed by atoms with E-state index in [-0.39, 0.29) is 29.2 Å². The zero-order chi connectivity index (χ0) is 21.0. The summed E-state index contributed by atoms with van der Waals surface area (Å²) in [4.78, 5) is 18.6. The van der Waals surface area contributed by atoms with Crippen LogP contribution in [0.15, 0.2) is 44.9 Å². The molecule has 0 bridgehead atoms. The van der Waals surface area contributed by atoms with Crippen LogP contribution in [-0.4, -0.2) is 57.1 Å². The molecule has 0 amide bonds. The standard InChI is InChI=1S/C17H16BrN5O5S/c1-27-17(24)11-2-3-20-14(8-11)12-9-15(21-22-19)16(10-13(12)18)29(25,26)23-4-6-28-7-5-23/h2-3,8-10H,4-7H2,1H3. The van der Waals surface area contributed by atoms with Gasteiger partial charge in [-0.25, -0.2) is 13.2 Å². The number of azide groups is 1. The quantitative estimate of drug-likeness (QED) is 0.278. The first-order valence-electron chi connectivity index (χ1n) is 8.39. The summed E-state index contributed by atoms with van der Waals surface area (Å²) < 4.78 is 37.7. The Hall–Kier alpha value is -2.50. The number of morpholine rings is 1. The Morgan fingerprint density at radius 2 is 2.07 bits per heavy atom. The van der Waals surface area contributed by atoms with Gasteiger partial charge in [0.05, 0.1) is 42.2 Å². The number of halogens is 1. The predicted molar refractivity (Wildman–Crippen MR) is 107 cm³/mol. The maximum Gasteiger partial charge on any atom is 0.337 e. The first-order valence-corrected chi connectivity index (χ1v) is 10.6. The van der Waals surface area contributed by atoms with Gasteiger partial charge in [0.1, 0.15) is 0 Å². The molecule has 0 saturated carbocycles. The molecule has 0 unspecified atom stereocenters. The number of sulfonamides is 1. The summed E-state index contributed by atoms with van der Waals surface area (Å²) in [6.07, 6.45) is 1.43. The van der Waals surface area contributed by atoms with E-state index in [1.165, 1.54) is 41.9 Å². The molecule has 0 spiro atoms. The van der Waals surface area contributed by atoms with Crippen molar-refractivity contribution in [2.45, 2.75) is 4.90 Å². The highest BCUT2D eigenvalue weighted by molar-refractivity contribution is 9.10. The fourth-order valence-electron chi connectivity index (χ4n) is 2.82. The zero-order valence-electron chi connectivity index (χ0n) is 15.3. The van der Waals surface area contributed by atoms with Gasteiger partial charge in [-0.15, -0.1) is 0 Å². The monoisotopic (exact) mass is 481 g/mol. The van der Waals surface area contributed by atoms with Crippen molar-refractivity contribution < 1.29 is 22.7 Å². The van der Waals surface area contributed by atoms with Crippen LogP contribution in [0.2, 0.25) is 0 Å². The average Bonchev–Trinajstić information content (AvgIpc) is 2.75. The van der Waals surface area contributed by atoms with Crippen LogP contribution >= 0.6 is 15.9 Å². The van der Waals surface area contributed by atoms with Crippen molar-refractivity contribution in [3.05, 3.63) is 50.9 Å². The van der Waals surface area contributed by atoms with Crippen molar-refractivity contribution in [3.8, 4) is 11.3 Å². The minimum atomic E-state index is -3.90. The normalized spacial score (nSPS) is 14.8. The second kappa shape index (κ2) is 8.89. The van der Waals surface area contributed by atoms with Crippen LogP contribution in [0.1, 0.15) is 10.4 Å². The molecule has 152 valence electrons. The third-order valence-electron chi connectivity index (χ3n) is 4.25. The van der Waals surface area contributed by atoms with Crippen molar-refractivity contribution in [1.29, 1.82) is 0 Å². The number of hydrogen-bond acceptors (Lipinski definition) is 7. The Labute approximate surface area is 175 Å². The van der Waals surface area contributed by atoms with Crippen LogP contribution < -0.4 is 0 Å². The molecule has 2 heterocycles. The van der Waals surface area contributed by atoms with E-state index in [1.807, 2.05) is 0 Å². The number of carbonyl (C=O) groups excluding carboxylic acids is 1. The molecule has 10 nitrogen and oxygen atoms in total. The number of methoxy groups -OCH3 is 1. The lowest BCUT2D eigenvalue weighted by Crippen LogP contribution is -2.40. The highest BCUT2D eigenvalue weighted by Gasteiger charge is 2.29. The van der Waals surface area contributed by atoms with Crippen molar-refractivity contribution in [3.63, 3.8) is 0 Å². The van der Waals surface area contributed by atoms with Gasteiger partial charge in [0.15, 0.2) is 0 Å². The van der Waals surface area contributed by atoms with Crippen molar-refractivity contribution in [2.24, 2.45) is 5.11 Å². The van der Waals surface area contributed by atoms with Gasteiger partial charge in [0.25, 0.3) is 0 Å². The number of pyridine rings is 1. The number of ether oxygens (including phenoxy) is 2. The fourth-order valence-corrected chi connectivity index (χ4v) is 5.06. The summed E-state index contributed by atoms with van der Waals surface area (Å²) >= 11 is 3.37. The van der Waals surface area contributed by atoms with E-state index in [1.54, 1.807) is 0 Å². The van der Waals surface area contributed by atoms with Crippen molar-refractivity contribution in [2.75, 3.05) is 33.4 Å². The van der Waals surface area contributed by atoms with E-state index >= 15 is 0 Å². The maximum atomic E-state index is 13.1. The van der Waals surface area contributed by atoms with E-state index < -0.39 is 16.0 Å². The molecule has 29 heavy (non-hydrogen) atoms. The molecule has 1 aromatic carbocycles. The summed E-state index contributed by atoms with van der Waals surface area (Å²) in [5.74, 6) is -0.536. The number of carbonyl (C=O) groups is 1. The van der Waals surface area contributed by atoms with Crippen LogP contribution in [-0.2, 0) is 19.5 Å². The number of rotatable bonds is 5. The highest BCUT2D eigenvalue weighted by Crippen LogP contribution is 2.37. The van der Waals surface area contributed by atoms with Gasteiger partial charge in [-0.2, -0.15) is 4.31 Å². The fraction of sp³-hybridized carbons (Fsp3) is 0.294. The Kier molecular flexibility index (Phi) is 6.50. The lowest BCUT2D eigenvalue weighted by Gasteiger charge is -2.26. The molecule has 2 aromatic rings. The molecule has 3 rings (SSSR count). The van der Waals surface area contributed by atoms with E-state index in [0.717, 1.165) is 0 Å². The van der Waals surface area contributed by atoms with Gasteiger partial charge in [-0.3, -0.25) is 4.98 Å². The molecular formula is C17H16BrN5O5S. The van der Waals surface area contributed by atoms with Crippen LogP contribution in [0.25, 0.3) is 21.7 Å². The highest BCUT2D eigenvalue weighted by atomic mass is 79.9. The first-order chi connectivity index (χ1) is 13.9. The van der Waals surface area contributed by atoms with E-state index in [4.69, 9.17) is 15.0 Å². The molecule has 1 fully saturated rings. The third kappa shape index (κ3) is 4.41. The Bertz CT molecular complexity index is 1100. The second-order valence-electron chi connectivity index (χ2n) is 5.93. The smallest absolute Gasteiger partial charge is 0.337 e. The molecular weight excluding hydrogens is 466 g/mol. The Morgan fingerprint density at radius 3 is 2.72 bits per heavy atom. The van der Waals surface area contributed by atoms with Gasteiger partial charge in [-0.05, 0) is 29.8 Å². The van der Waals surface area contributed by atoms with Gasteiger partial charge in [0, 0.05) is 34.2 Å². The summed E-state index contributed by atoms with van der Waals surface area (Å²) in [7, 11) is -2.63.